The number of ether oxygens (including phenoxy) is 1. The van der Waals surface area contributed by atoms with Crippen LogP contribution in [0.5, 0.6) is 0 Å². The predicted molar refractivity (Wildman–Crippen MR) is 64.4 cm³/mol. The molecule has 2 N–H and O–H groups in total. The van der Waals surface area contributed by atoms with E-state index in [1.165, 1.54) is 6.42 Å². The van der Waals surface area contributed by atoms with Gasteiger partial charge in [-0.25, -0.2) is 0 Å². The molecule has 0 aliphatic heterocycles. The zero-order chi connectivity index (χ0) is 11.8. The van der Waals surface area contributed by atoms with Gasteiger partial charge in [-0.05, 0) is 38.6 Å². The lowest BCUT2D eigenvalue weighted by Gasteiger charge is -2.29. The minimum atomic E-state index is 0.00691. The Bertz CT molecular complexity index is 201. The molecule has 94 valence electrons. The van der Waals surface area contributed by atoms with Crippen LogP contribution in [0.4, 0.5) is 0 Å². The summed E-state index contributed by atoms with van der Waals surface area (Å²) in [6, 6.07) is 0.998. The molecule has 0 radical (unpaired) electrons. The van der Waals surface area contributed by atoms with Crippen molar-refractivity contribution in [3.05, 3.63) is 0 Å². The van der Waals surface area contributed by atoms with Gasteiger partial charge < -0.3 is 15.4 Å². The largest absolute Gasteiger partial charge is 0.375 e. The van der Waals surface area contributed by atoms with Crippen molar-refractivity contribution in [3.63, 3.8) is 0 Å². The maximum Gasteiger partial charge on any atom is 0.246 e. The third kappa shape index (κ3) is 4.94. The molecule has 0 aromatic heterocycles. The molecule has 0 unspecified atom stereocenters. The minimum Gasteiger partial charge on any atom is -0.375 e. The van der Waals surface area contributed by atoms with Gasteiger partial charge >= 0.3 is 0 Å². The fraction of sp³-hybridized carbons (Fsp3) is 0.917. The van der Waals surface area contributed by atoms with Gasteiger partial charge in [0.2, 0.25) is 5.91 Å². The van der Waals surface area contributed by atoms with Gasteiger partial charge in [0.05, 0.1) is 0 Å². The molecule has 0 aromatic rings. The molecule has 16 heavy (non-hydrogen) atoms. The van der Waals surface area contributed by atoms with Crippen molar-refractivity contribution in [2.24, 2.45) is 0 Å². The topological polar surface area (TPSA) is 50.4 Å². The Labute approximate surface area is 98.1 Å². The molecule has 1 aliphatic carbocycles. The molecule has 4 nitrogen and oxygen atoms in total. The number of methoxy groups -OCH3 is 1. The third-order valence-electron chi connectivity index (χ3n) is 3.05. The van der Waals surface area contributed by atoms with Crippen LogP contribution >= 0.6 is 0 Å². The lowest BCUT2D eigenvalue weighted by Crippen LogP contribution is -2.43. The van der Waals surface area contributed by atoms with Crippen LogP contribution in [0.1, 0.15) is 39.0 Å². The first-order valence-electron chi connectivity index (χ1n) is 6.28. The summed E-state index contributed by atoms with van der Waals surface area (Å²) in [7, 11) is 1.55. The smallest absolute Gasteiger partial charge is 0.246 e. The number of carbonyl (C=O) groups excluding carboxylic acids is 1. The maximum atomic E-state index is 11.3. The molecule has 1 rings (SSSR count). The van der Waals surface area contributed by atoms with Crippen molar-refractivity contribution < 1.29 is 9.53 Å². The lowest BCUT2D eigenvalue weighted by molar-refractivity contribution is -0.125. The fourth-order valence-corrected chi connectivity index (χ4v) is 2.19. The quantitative estimate of drug-likeness (QED) is 0.714. The summed E-state index contributed by atoms with van der Waals surface area (Å²) in [4.78, 5) is 11.3. The molecule has 0 bridgehead atoms. The highest BCUT2D eigenvalue weighted by Gasteiger charge is 2.21. The first kappa shape index (κ1) is 13.5. The Morgan fingerprint density at radius 2 is 1.88 bits per heavy atom. The van der Waals surface area contributed by atoms with Crippen molar-refractivity contribution >= 4 is 5.91 Å². The lowest BCUT2D eigenvalue weighted by atomic mass is 9.91. The van der Waals surface area contributed by atoms with Gasteiger partial charge in [-0.3, -0.25) is 4.79 Å². The van der Waals surface area contributed by atoms with Gasteiger partial charge in [-0.1, -0.05) is 6.92 Å². The molecule has 0 heterocycles. The van der Waals surface area contributed by atoms with Crippen LogP contribution in [-0.2, 0) is 9.53 Å². The second kappa shape index (κ2) is 7.63. The first-order chi connectivity index (χ1) is 7.76. The van der Waals surface area contributed by atoms with E-state index in [0.717, 1.165) is 32.2 Å². The molecular formula is C12H24N2O2. The Hall–Kier alpha value is -0.610. The Morgan fingerprint density at radius 3 is 2.44 bits per heavy atom. The molecule has 1 fully saturated rings. The predicted octanol–water partition coefficient (Wildman–Crippen LogP) is 1.06. The zero-order valence-corrected chi connectivity index (χ0v) is 10.4. The molecule has 1 saturated carbocycles. The van der Waals surface area contributed by atoms with E-state index in [1.807, 2.05) is 0 Å². The van der Waals surface area contributed by atoms with E-state index < -0.39 is 0 Å². The van der Waals surface area contributed by atoms with Crippen LogP contribution in [0.3, 0.4) is 0 Å². The van der Waals surface area contributed by atoms with Crippen molar-refractivity contribution in [1.29, 1.82) is 0 Å². The fourth-order valence-electron chi connectivity index (χ4n) is 2.19. The first-order valence-corrected chi connectivity index (χ1v) is 6.28. The van der Waals surface area contributed by atoms with E-state index in [0.29, 0.717) is 12.1 Å². The van der Waals surface area contributed by atoms with Crippen molar-refractivity contribution in [2.45, 2.75) is 51.1 Å². The van der Waals surface area contributed by atoms with Crippen LogP contribution in [0.2, 0.25) is 0 Å². The van der Waals surface area contributed by atoms with Gasteiger partial charge in [0.15, 0.2) is 0 Å². The number of amides is 1. The summed E-state index contributed by atoms with van der Waals surface area (Å²) in [6.45, 7) is 3.46. The molecule has 4 heteroatoms. The van der Waals surface area contributed by atoms with E-state index in [-0.39, 0.29) is 12.5 Å². The second-order valence-electron chi connectivity index (χ2n) is 4.50. The van der Waals surface area contributed by atoms with Crippen molar-refractivity contribution in [3.8, 4) is 0 Å². The van der Waals surface area contributed by atoms with Gasteiger partial charge in [0.1, 0.15) is 6.61 Å². The zero-order valence-electron chi connectivity index (χ0n) is 10.4. The normalized spacial score (nSPS) is 25.4. The number of hydrogen-bond acceptors (Lipinski definition) is 3. The summed E-state index contributed by atoms with van der Waals surface area (Å²) in [5.74, 6) is 0.00691. The molecule has 0 saturated heterocycles. The van der Waals surface area contributed by atoms with Gasteiger partial charge in [0.25, 0.3) is 0 Å². The van der Waals surface area contributed by atoms with Gasteiger partial charge in [0, 0.05) is 19.2 Å². The van der Waals surface area contributed by atoms with Crippen LogP contribution in [0.15, 0.2) is 0 Å². The second-order valence-corrected chi connectivity index (χ2v) is 4.50. The third-order valence-corrected chi connectivity index (χ3v) is 3.05. The summed E-state index contributed by atoms with van der Waals surface area (Å²) in [6.07, 6.45) is 5.67. The number of rotatable bonds is 6. The number of nitrogens with one attached hydrogen (secondary N) is 2. The van der Waals surface area contributed by atoms with Crippen LogP contribution in [0, 0.1) is 0 Å². The van der Waals surface area contributed by atoms with Gasteiger partial charge in [-0.15, -0.1) is 0 Å². The average molecular weight is 228 g/mol. The highest BCUT2D eigenvalue weighted by atomic mass is 16.5. The molecular weight excluding hydrogens is 204 g/mol. The van der Waals surface area contributed by atoms with E-state index >= 15 is 0 Å². The number of carbonyl (C=O) groups is 1. The van der Waals surface area contributed by atoms with Crippen LogP contribution in [-0.4, -0.2) is 38.3 Å². The van der Waals surface area contributed by atoms with E-state index in [4.69, 9.17) is 4.74 Å². The summed E-state index contributed by atoms with van der Waals surface area (Å²) in [5.41, 5.74) is 0. The van der Waals surface area contributed by atoms with Crippen molar-refractivity contribution in [2.75, 3.05) is 20.3 Å². The Morgan fingerprint density at radius 1 is 1.25 bits per heavy atom. The van der Waals surface area contributed by atoms with E-state index in [9.17, 15) is 4.79 Å². The standard InChI is InChI=1S/C12H24N2O2/c1-3-8-13-10-4-6-11(7-5-10)14-12(15)9-16-2/h10-11,13H,3-9H2,1-2H3,(H,14,15). The Balaban J connectivity index is 2.14. The van der Waals surface area contributed by atoms with Crippen LogP contribution < -0.4 is 10.6 Å². The summed E-state index contributed by atoms with van der Waals surface area (Å²) < 4.78 is 4.80. The van der Waals surface area contributed by atoms with E-state index in [2.05, 4.69) is 17.6 Å². The van der Waals surface area contributed by atoms with Crippen molar-refractivity contribution in [1.82, 2.24) is 10.6 Å². The molecule has 1 aliphatic rings. The average Bonchev–Trinajstić information content (AvgIpc) is 2.28. The maximum absolute atomic E-state index is 11.3. The molecule has 0 atom stereocenters. The summed E-state index contributed by atoms with van der Waals surface area (Å²) >= 11 is 0. The SMILES string of the molecule is CCCNC1CCC(NC(=O)COC)CC1. The molecule has 1 amide bonds. The Kier molecular flexibility index (Phi) is 6.42. The number of hydrogen-bond donors (Lipinski definition) is 2. The van der Waals surface area contributed by atoms with E-state index in [1.54, 1.807) is 7.11 Å². The van der Waals surface area contributed by atoms with Crippen LogP contribution in [0.25, 0.3) is 0 Å². The highest BCUT2D eigenvalue weighted by molar-refractivity contribution is 5.77. The molecule has 0 spiro atoms. The monoisotopic (exact) mass is 228 g/mol. The minimum absolute atomic E-state index is 0.00691. The summed E-state index contributed by atoms with van der Waals surface area (Å²) in [5, 5.41) is 6.54. The molecule has 0 aromatic carbocycles. The highest BCUT2D eigenvalue weighted by Crippen LogP contribution is 2.18. The van der Waals surface area contributed by atoms with Gasteiger partial charge in [-0.2, -0.15) is 0 Å².